The van der Waals surface area contributed by atoms with E-state index in [1.165, 1.54) is 6.07 Å². The summed E-state index contributed by atoms with van der Waals surface area (Å²) in [5.74, 6) is -0.238. The van der Waals surface area contributed by atoms with Gasteiger partial charge < -0.3 is 0 Å². The van der Waals surface area contributed by atoms with Crippen molar-refractivity contribution >= 4 is 11.4 Å². The van der Waals surface area contributed by atoms with Gasteiger partial charge in [0.2, 0.25) is 0 Å². The predicted molar refractivity (Wildman–Crippen MR) is 75.9 cm³/mol. The van der Waals surface area contributed by atoms with E-state index in [1.807, 2.05) is 26.0 Å². The number of anilines is 1. The van der Waals surface area contributed by atoms with E-state index in [0.29, 0.717) is 11.3 Å². The van der Waals surface area contributed by atoms with Gasteiger partial charge in [-0.15, -0.1) is 0 Å². The second-order valence-corrected chi connectivity index (χ2v) is 4.46. The lowest BCUT2D eigenvalue weighted by atomic mass is 10.1. The minimum atomic E-state index is -0.238. The lowest BCUT2D eigenvalue weighted by Gasteiger charge is -2.05. The van der Waals surface area contributed by atoms with Gasteiger partial charge in [0, 0.05) is 17.5 Å². The van der Waals surface area contributed by atoms with Crippen molar-refractivity contribution in [2.24, 2.45) is 5.10 Å². The van der Waals surface area contributed by atoms with Gasteiger partial charge in [0.25, 0.3) is 0 Å². The summed E-state index contributed by atoms with van der Waals surface area (Å²) in [6, 6.07) is 8.80. The summed E-state index contributed by atoms with van der Waals surface area (Å²) in [5, 5.41) is 4.25. The number of halogens is 1. The van der Waals surface area contributed by atoms with Crippen LogP contribution < -0.4 is 5.43 Å². The number of aryl methyl sites for hydroxylation is 2. The summed E-state index contributed by atoms with van der Waals surface area (Å²) in [6.45, 7) is 5.55. The van der Waals surface area contributed by atoms with Gasteiger partial charge in [-0.3, -0.25) is 10.4 Å². The van der Waals surface area contributed by atoms with Crippen LogP contribution in [0.5, 0.6) is 0 Å². The van der Waals surface area contributed by atoms with E-state index in [4.69, 9.17) is 0 Å². The van der Waals surface area contributed by atoms with Crippen molar-refractivity contribution in [3.05, 3.63) is 59.2 Å². The fourth-order valence-electron chi connectivity index (χ4n) is 1.65. The second-order valence-electron chi connectivity index (χ2n) is 4.46. The summed E-state index contributed by atoms with van der Waals surface area (Å²) in [4.78, 5) is 4.14. The molecule has 2 aromatic rings. The molecule has 2 rings (SSSR count). The number of hydrazone groups is 1. The molecule has 1 N–H and O–H groups in total. The van der Waals surface area contributed by atoms with Gasteiger partial charge in [-0.1, -0.05) is 6.07 Å². The Bertz CT molecular complexity index is 621. The molecule has 0 aliphatic carbocycles. The molecule has 0 unspecified atom stereocenters. The molecule has 0 saturated heterocycles. The number of aromatic nitrogens is 1. The first kappa shape index (κ1) is 13.2. The Labute approximate surface area is 112 Å². The minimum absolute atomic E-state index is 0.238. The number of hydrogen-bond donors (Lipinski definition) is 1. The highest BCUT2D eigenvalue weighted by Crippen LogP contribution is 2.14. The maximum atomic E-state index is 13.4. The van der Waals surface area contributed by atoms with E-state index in [1.54, 1.807) is 25.3 Å². The topological polar surface area (TPSA) is 37.3 Å². The summed E-state index contributed by atoms with van der Waals surface area (Å²) in [7, 11) is 0. The molecule has 98 valence electrons. The summed E-state index contributed by atoms with van der Waals surface area (Å²) in [6.07, 6.45) is 1.75. The van der Waals surface area contributed by atoms with Crippen LogP contribution >= 0.6 is 0 Å². The Balaban J connectivity index is 2.15. The molecule has 0 aliphatic heterocycles. The first-order valence-electron chi connectivity index (χ1n) is 6.06. The maximum absolute atomic E-state index is 13.4. The Morgan fingerprint density at radius 1 is 1.21 bits per heavy atom. The highest BCUT2D eigenvalue weighted by Gasteiger charge is 2.00. The molecule has 0 bridgehead atoms. The molecule has 0 amide bonds. The van der Waals surface area contributed by atoms with Crippen LogP contribution in [-0.2, 0) is 0 Å². The van der Waals surface area contributed by atoms with Crippen LogP contribution in [0.1, 0.15) is 23.7 Å². The van der Waals surface area contributed by atoms with Crippen molar-refractivity contribution in [1.29, 1.82) is 0 Å². The molecule has 0 spiro atoms. The van der Waals surface area contributed by atoms with Crippen molar-refractivity contribution in [3.8, 4) is 0 Å². The highest BCUT2D eigenvalue weighted by molar-refractivity contribution is 5.99. The lowest BCUT2D eigenvalue weighted by molar-refractivity contribution is 0.619. The fourth-order valence-corrected chi connectivity index (χ4v) is 1.65. The first-order valence-corrected chi connectivity index (χ1v) is 6.06. The summed E-state index contributed by atoms with van der Waals surface area (Å²) >= 11 is 0. The molecule has 1 heterocycles. The van der Waals surface area contributed by atoms with E-state index in [-0.39, 0.29) is 5.82 Å². The van der Waals surface area contributed by atoms with Gasteiger partial charge in [-0.25, -0.2) is 4.39 Å². The second kappa shape index (κ2) is 5.61. The molecular weight excluding hydrogens is 241 g/mol. The standard InChI is InChI=1S/C15H16FN3/c1-10-4-5-14(9-15(10)16)19-18-12(3)13-6-7-17-11(2)8-13/h4-9,19H,1-3H3/b18-12+. The van der Waals surface area contributed by atoms with Crippen LogP contribution in [0.25, 0.3) is 0 Å². The first-order chi connectivity index (χ1) is 9.06. The van der Waals surface area contributed by atoms with E-state index in [0.717, 1.165) is 17.0 Å². The molecule has 0 saturated carbocycles. The maximum Gasteiger partial charge on any atom is 0.128 e. The largest absolute Gasteiger partial charge is 0.278 e. The zero-order chi connectivity index (χ0) is 13.8. The lowest BCUT2D eigenvalue weighted by Crippen LogP contribution is -2.01. The SMILES string of the molecule is C/C(=N\Nc1ccc(C)c(F)c1)c1ccnc(C)c1. The number of hydrogen-bond acceptors (Lipinski definition) is 3. The van der Waals surface area contributed by atoms with Gasteiger partial charge in [-0.2, -0.15) is 5.10 Å². The summed E-state index contributed by atoms with van der Waals surface area (Å²) in [5.41, 5.74) is 6.87. The van der Waals surface area contributed by atoms with Crippen LogP contribution in [0, 0.1) is 19.7 Å². The van der Waals surface area contributed by atoms with Crippen LogP contribution in [0.2, 0.25) is 0 Å². The molecule has 4 heteroatoms. The van der Waals surface area contributed by atoms with Crippen LogP contribution in [0.3, 0.4) is 0 Å². The molecule has 3 nitrogen and oxygen atoms in total. The number of rotatable bonds is 3. The Kier molecular flexibility index (Phi) is 3.90. The fraction of sp³-hybridized carbons (Fsp3) is 0.200. The zero-order valence-corrected chi connectivity index (χ0v) is 11.2. The van der Waals surface area contributed by atoms with Crippen LogP contribution in [-0.4, -0.2) is 10.7 Å². The predicted octanol–water partition coefficient (Wildman–Crippen LogP) is 3.67. The Morgan fingerprint density at radius 3 is 2.68 bits per heavy atom. The molecule has 19 heavy (non-hydrogen) atoms. The molecule has 0 atom stereocenters. The average Bonchev–Trinajstić information content (AvgIpc) is 2.40. The molecule has 1 aromatic heterocycles. The van der Waals surface area contributed by atoms with Crippen molar-refractivity contribution in [1.82, 2.24) is 4.98 Å². The van der Waals surface area contributed by atoms with Crippen molar-refractivity contribution in [3.63, 3.8) is 0 Å². The molecular formula is C15H16FN3. The van der Waals surface area contributed by atoms with Gasteiger partial charge in [-0.05, 0) is 50.6 Å². The number of nitrogens with zero attached hydrogens (tertiary/aromatic N) is 2. The quantitative estimate of drug-likeness (QED) is 0.672. The summed E-state index contributed by atoms with van der Waals surface area (Å²) < 4.78 is 13.4. The van der Waals surface area contributed by atoms with Gasteiger partial charge >= 0.3 is 0 Å². The Hall–Kier alpha value is -2.23. The smallest absolute Gasteiger partial charge is 0.128 e. The van der Waals surface area contributed by atoms with Crippen molar-refractivity contribution in [2.45, 2.75) is 20.8 Å². The molecule has 1 aromatic carbocycles. The van der Waals surface area contributed by atoms with Gasteiger partial charge in [0.1, 0.15) is 5.82 Å². The third-order valence-electron chi connectivity index (χ3n) is 2.84. The van der Waals surface area contributed by atoms with Crippen LogP contribution in [0.15, 0.2) is 41.6 Å². The van der Waals surface area contributed by atoms with Crippen molar-refractivity contribution in [2.75, 3.05) is 5.43 Å². The molecule has 0 fully saturated rings. The Morgan fingerprint density at radius 2 is 2.00 bits per heavy atom. The normalized spacial score (nSPS) is 11.5. The number of benzene rings is 1. The van der Waals surface area contributed by atoms with Crippen LogP contribution in [0.4, 0.5) is 10.1 Å². The number of nitrogens with one attached hydrogen (secondary N) is 1. The van der Waals surface area contributed by atoms with E-state index >= 15 is 0 Å². The van der Waals surface area contributed by atoms with Crippen molar-refractivity contribution < 1.29 is 4.39 Å². The highest BCUT2D eigenvalue weighted by atomic mass is 19.1. The molecule has 0 radical (unpaired) electrons. The van der Waals surface area contributed by atoms with Gasteiger partial charge in [0.15, 0.2) is 0 Å². The molecule has 0 aliphatic rings. The third kappa shape index (κ3) is 3.37. The van der Waals surface area contributed by atoms with Gasteiger partial charge in [0.05, 0.1) is 11.4 Å². The number of pyridine rings is 1. The monoisotopic (exact) mass is 257 g/mol. The third-order valence-corrected chi connectivity index (χ3v) is 2.84. The van der Waals surface area contributed by atoms with E-state index in [2.05, 4.69) is 15.5 Å². The zero-order valence-electron chi connectivity index (χ0n) is 11.2. The average molecular weight is 257 g/mol. The van der Waals surface area contributed by atoms with E-state index in [9.17, 15) is 4.39 Å². The minimum Gasteiger partial charge on any atom is -0.278 e. The van der Waals surface area contributed by atoms with E-state index < -0.39 is 0 Å².